The van der Waals surface area contributed by atoms with E-state index in [1.165, 1.54) is 6.07 Å². The Kier molecular flexibility index (Phi) is 6.83. The second kappa shape index (κ2) is 9.96. The summed E-state index contributed by atoms with van der Waals surface area (Å²) in [5, 5.41) is 24.0. The van der Waals surface area contributed by atoms with Crippen molar-refractivity contribution in [1.29, 1.82) is 0 Å². The summed E-state index contributed by atoms with van der Waals surface area (Å²) in [6, 6.07) is 18.9. The largest absolute Gasteiger partial charge is 0.505 e. The molecule has 0 heterocycles. The standard InChI is InChI=1S/C25H21BrN2O6/c26-19-10-5-11-20(23(19)31)27-24(32)21(12-22(29)30)28-25(33)34-13-18-16-8-3-1-6-14(16)15-7-2-4-9-17(15)18/h1-11,18,21,31H,12-13H2,(H,27,32)(H,28,33)(H,29,30). The van der Waals surface area contributed by atoms with Gasteiger partial charge in [-0.3, -0.25) is 9.59 Å². The van der Waals surface area contributed by atoms with Gasteiger partial charge in [0.25, 0.3) is 0 Å². The topological polar surface area (TPSA) is 125 Å². The van der Waals surface area contributed by atoms with Crippen molar-refractivity contribution in [2.75, 3.05) is 11.9 Å². The van der Waals surface area contributed by atoms with Gasteiger partial charge in [-0.05, 0) is 50.3 Å². The highest BCUT2D eigenvalue weighted by Gasteiger charge is 2.30. The highest BCUT2D eigenvalue weighted by molar-refractivity contribution is 9.10. The SMILES string of the molecule is O=C(O)CC(NC(=O)OCC1c2ccccc2-c2ccccc21)C(=O)Nc1cccc(Br)c1O. The average Bonchev–Trinajstić information content (AvgIpc) is 3.14. The van der Waals surface area contributed by atoms with E-state index in [4.69, 9.17) is 4.74 Å². The van der Waals surface area contributed by atoms with Crippen LogP contribution in [0.3, 0.4) is 0 Å². The molecular formula is C25H21BrN2O6. The Labute approximate surface area is 203 Å². The van der Waals surface area contributed by atoms with Crippen LogP contribution in [0.1, 0.15) is 23.5 Å². The summed E-state index contributed by atoms with van der Waals surface area (Å²) in [4.78, 5) is 36.5. The zero-order chi connectivity index (χ0) is 24.2. The number of alkyl carbamates (subject to hydrolysis) is 1. The van der Waals surface area contributed by atoms with Crippen molar-refractivity contribution >= 4 is 39.6 Å². The Morgan fingerprint density at radius 3 is 2.18 bits per heavy atom. The average molecular weight is 525 g/mol. The Morgan fingerprint density at radius 1 is 0.941 bits per heavy atom. The van der Waals surface area contributed by atoms with Crippen LogP contribution in [0, 0.1) is 0 Å². The molecule has 4 rings (SSSR count). The van der Waals surface area contributed by atoms with Crippen molar-refractivity contribution in [3.63, 3.8) is 0 Å². The van der Waals surface area contributed by atoms with E-state index >= 15 is 0 Å². The lowest BCUT2D eigenvalue weighted by Gasteiger charge is -2.19. The molecule has 174 valence electrons. The van der Waals surface area contributed by atoms with Gasteiger partial charge in [-0.2, -0.15) is 0 Å². The van der Waals surface area contributed by atoms with Crippen molar-refractivity contribution in [1.82, 2.24) is 5.32 Å². The van der Waals surface area contributed by atoms with Crippen molar-refractivity contribution < 1.29 is 29.3 Å². The van der Waals surface area contributed by atoms with Crippen molar-refractivity contribution in [3.05, 3.63) is 82.3 Å². The van der Waals surface area contributed by atoms with Gasteiger partial charge in [-0.15, -0.1) is 0 Å². The van der Waals surface area contributed by atoms with Gasteiger partial charge < -0.3 is 25.6 Å². The number of para-hydroxylation sites is 1. The quantitative estimate of drug-likeness (QED) is 0.338. The first-order chi connectivity index (χ1) is 16.3. The lowest BCUT2D eigenvalue weighted by molar-refractivity contribution is -0.139. The number of hydrogen-bond donors (Lipinski definition) is 4. The molecule has 3 aromatic carbocycles. The van der Waals surface area contributed by atoms with Crippen LogP contribution < -0.4 is 10.6 Å². The minimum Gasteiger partial charge on any atom is -0.505 e. The summed E-state index contributed by atoms with van der Waals surface area (Å²) in [7, 11) is 0. The number of fused-ring (bicyclic) bond motifs is 3. The molecule has 0 saturated heterocycles. The fourth-order valence-corrected chi connectivity index (χ4v) is 4.37. The second-order valence-electron chi connectivity index (χ2n) is 7.75. The number of carbonyl (C=O) groups excluding carboxylic acids is 2. The first kappa shape index (κ1) is 23.3. The first-order valence-corrected chi connectivity index (χ1v) is 11.3. The molecule has 0 fully saturated rings. The Bertz CT molecular complexity index is 1220. The predicted octanol–water partition coefficient (Wildman–Crippen LogP) is 4.48. The summed E-state index contributed by atoms with van der Waals surface area (Å²) < 4.78 is 5.77. The van der Waals surface area contributed by atoms with Gasteiger partial charge in [0.05, 0.1) is 16.6 Å². The van der Waals surface area contributed by atoms with Crippen molar-refractivity contribution in [2.45, 2.75) is 18.4 Å². The Hall–Kier alpha value is -3.85. The zero-order valence-corrected chi connectivity index (χ0v) is 19.4. The molecule has 0 aromatic heterocycles. The number of amides is 2. The van der Waals surface area contributed by atoms with Crippen LogP contribution in [0.2, 0.25) is 0 Å². The van der Waals surface area contributed by atoms with E-state index in [1.807, 2.05) is 48.5 Å². The molecule has 1 unspecified atom stereocenters. The number of anilines is 1. The van der Waals surface area contributed by atoms with Crippen LogP contribution in [0.25, 0.3) is 11.1 Å². The van der Waals surface area contributed by atoms with Gasteiger partial charge in [0, 0.05) is 5.92 Å². The number of phenolic OH excluding ortho intramolecular Hbond substituents is 1. The number of carboxylic acid groups (broad SMARTS) is 1. The highest BCUT2D eigenvalue weighted by atomic mass is 79.9. The number of rotatable bonds is 7. The summed E-state index contributed by atoms with van der Waals surface area (Å²) in [5.74, 6) is -2.48. The molecule has 0 radical (unpaired) electrons. The number of hydrogen-bond acceptors (Lipinski definition) is 5. The highest BCUT2D eigenvalue weighted by Crippen LogP contribution is 2.44. The van der Waals surface area contributed by atoms with Gasteiger partial charge in [0.15, 0.2) is 5.75 Å². The third-order valence-corrected chi connectivity index (χ3v) is 6.22. The molecule has 4 N–H and O–H groups in total. The van der Waals surface area contributed by atoms with Crippen LogP contribution in [0.4, 0.5) is 10.5 Å². The molecule has 0 aliphatic heterocycles. The minimum atomic E-state index is -1.41. The second-order valence-corrected chi connectivity index (χ2v) is 8.60. The summed E-state index contributed by atoms with van der Waals surface area (Å²) in [6.07, 6.45) is -1.58. The summed E-state index contributed by atoms with van der Waals surface area (Å²) in [6.45, 7) is 0.0215. The van der Waals surface area contributed by atoms with Crippen LogP contribution in [-0.2, 0) is 14.3 Å². The van der Waals surface area contributed by atoms with E-state index in [0.717, 1.165) is 22.3 Å². The molecule has 1 atom stereocenters. The van der Waals surface area contributed by atoms with Crippen LogP contribution >= 0.6 is 15.9 Å². The van der Waals surface area contributed by atoms with Gasteiger partial charge in [0.2, 0.25) is 5.91 Å². The maximum atomic E-state index is 12.7. The fraction of sp³-hybridized carbons (Fsp3) is 0.160. The number of carbonyl (C=O) groups is 3. The third-order valence-electron chi connectivity index (χ3n) is 5.58. The molecule has 0 bridgehead atoms. The van der Waals surface area contributed by atoms with Crippen LogP contribution in [-0.4, -0.2) is 40.8 Å². The maximum absolute atomic E-state index is 12.7. The molecule has 0 saturated carbocycles. The summed E-state index contributed by atoms with van der Waals surface area (Å²) in [5.41, 5.74) is 4.28. The molecule has 0 spiro atoms. The monoisotopic (exact) mass is 524 g/mol. The molecule has 1 aliphatic rings. The number of benzene rings is 3. The normalized spacial score (nSPS) is 12.9. The summed E-state index contributed by atoms with van der Waals surface area (Å²) >= 11 is 3.14. The third kappa shape index (κ3) is 4.89. The number of phenols is 1. The van der Waals surface area contributed by atoms with Crippen molar-refractivity contribution in [3.8, 4) is 16.9 Å². The van der Waals surface area contributed by atoms with E-state index in [1.54, 1.807) is 12.1 Å². The Morgan fingerprint density at radius 2 is 1.56 bits per heavy atom. The van der Waals surface area contributed by atoms with Crippen molar-refractivity contribution in [2.24, 2.45) is 0 Å². The fourth-order valence-electron chi connectivity index (χ4n) is 4.00. The van der Waals surface area contributed by atoms with Gasteiger partial charge in [-0.1, -0.05) is 54.6 Å². The molecule has 1 aliphatic carbocycles. The smallest absolute Gasteiger partial charge is 0.407 e. The molecule has 3 aromatic rings. The van der Waals surface area contributed by atoms with Crippen LogP contribution in [0.15, 0.2) is 71.2 Å². The molecule has 2 amide bonds. The van der Waals surface area contributed by atoms with Crippen LogP contribution in [0.5, 0.6) is 5.75 Å². The predicted molar refractivity (Wildman–Crippen MR) is 129 cm³/mol. The van der Waals surface area contributed by atoms with E-state index < -0.39 is 30.4 Å². The zero-order valence-electron chi connectivity index (χ0n) is 17.8. The lowest BCUT2D eigenvalue weighted by atomic mass is 9.98. The van der Waals surface area contributed by atoms with E-state index in [2.05, 4.69) is 26.6 Å². The van der Waals surface area contributed by atoms with E-state index in [0.29, 0.717) is 4.47 Å². The van der Waals surface area contributed by atoms with Gasteiger partial charge in [0.1, 0.15) is 12.6 Å². The number of halogens is 1. The number of aliphatic carboxylic acids is 1. The van der Waals surface area contributed by atoms with Gasteiger partial charge >= 0.3 is 12.1 Å². The molecule has 8 nitrogen and oxygen atoms in total. The molecule has 34 heavy (non-hydrogen) atoms. The first-order valence-electron chi connectivity index (χ1n) is 10.5. The number of aromatic hydroxyl groups is 1. The molecule has 9 heteroatoms. The van der Waals surface area contributed by atoms with E-state index in [9.17, 15) is 24.6 Å². The maximum Gasteiger partial charge on any atom is 0.407 e. The Balaban J connectivity index is 1.44. The minimum absolute atomic E-state index is 0.0215. The number of nitrogens with one attached hydrogen (secondary N) is 2. The molecular weight excluding hydrogens is 504 g/mol. The lowest BCUT2D eigenvalue weighted by Crippen LogP contribution is -2.45. The van der Waals surface area contributed by atoms with E-state index in [-0.39, 0.29) is 24.0 Å². The van der Waals surface area contributed by atoms with Gasteiger partial charge in [-0.25, -0.2) is 4.79 Å². The number of carboxylic acids is 1. The number of ether oxygens (including phenoxy) is 1.